The van der Waals surface area contributed by atoms with Crippen LogP contribution in [-0.4, -0.2) is 25.4 Å². The Kier molecular flexibility index (Phi) is 3.57. The third kappa shape index (κ3) is 2.71. The highest BCUT2D eigenvalue weighted by Crippen LogP contribution is 2.22. The molecule has 1 aromatic carbocycles. The molecule has 0 bridgehead atoms. The average molecular weight is 234 g/mol. The van der Waals surface area contributed by atoms with Crippen LogP contribution in [-0.2, 0) is 15.9 Å². The maximum absolute atomic E-state index is 9.24. The Morgan fingerprint density at radius 2 is 1.94 bits per heavy atom. The topological polar surface area (TPSA) is 38.7 Å². The Morgan fingerprint density at radius 1 is 1.29 bits per heavy atom. The lowest BCUT2D eigenvalue weighted by Crippen LogP contribution is -2.48. The quantitative estimate of drug-likeness (QED) is 0.783. The van der Waals surface area contributed by atoms with Gasteiger partial charge < -0.3 is 14.4 Å². The van der Waals surface area contributed by atoms with E-state index in [0.29, 0.717) is 13.2 Å². The summed E-state index contributed by atoms with van der Waals surface area (Å²) in [6.07, 6.45) is 0. The minimum absolute atomic E-state index is 0.0535. The van der Waals surface area contributed by atoms with Crippen LogP contribution in [0.1, 0.15) is 25.0 Å². The van der Waals surface area contributed by atoms with E-state index in [-0.39, 0.29) is 19.1 Å². The molecule has 1 aromatic rings. The minimum atomic E-state index is -0.297. The fourth-order valence-electron chi connectivity index (χ4n) is 2.00. The Morgan fingerprint density at radius 3 is 2.53 bits per heavy atom. The molecule has 1 fully saturated rings. The molecular formula is C13H19BO3. The number of hydrogen-bond donors (Lipinski definition) is 1. The van der Waals surface area contributed by atoms with Crippen molar-refractivity contribution in [2.45, 2.75) is 27.4 Å². The van der Waals surface area contributed by atoms with Crippen molar-refractivity contribution in [1.29, 1.82) is 0 Å². The summed E-state index contributed by atoms with van der Waals surface area (Å²) in [7, 11) is -0.297. The van der Waals surface area contributed by atoms with Crippen LogP contribution in [0.2, 0.25) is 0 Å². The largest absolute Gasteiger partial charge is 0.494 e. The number of aliphatic hydroxyl groups excluding tert-OH is 1. The highest BCUT2D eigenvalue weighted by atomic mass is 16.6. The highest BCUT2D eigenvalue weighted by Gasteiger charge is 2.34. The summed E-state index contributed by atoms with van der Waals surface area (Å²) < 4.78 is 11.5. The molecule has 0 aliphatic carbocycles. The molecule has 3 nitrogen and oxygen atoms in total. The van der Waals surface area contributed by atoms with Crippen LogP contribution < -0.4 is 5.46 Å². The predicted molar refractivity (Wildman–Crippen MR) is 68.2 cm³/mol. The maximum atomic E-state index is 9.24. The van der Waals surface area contributed by atoms with Crippen molar-refractivity contribution in [2.24, 2.45) is 5.41 Å². The molecule has 0 radical (unpaired) electrons. The molecule has 0 amide bonds. The van der Waals surface area contributed by atoms with Crippen LogP contribution in [0.25, 0.3) is 0 Å². The van der Waals surface area contributed by atoms with E-state index in [2.05, 4.69) is 13.8 Å². The molecule has 0 atom stereocenters. The lowest BCUT2D eigenvalue weighted by Gasteiger charge is -2.33. The van der Waals surface area contributed by atoms with E-state index in [9.17, 15) is 5.11 Å². The van der Waals surface area contributed by atoms with Gasteiger partial charge in [0, 0.05) is 18.6 Å². The predicted octanol–water partition coefficient (Wildman–Crippen LogP) is 1.26. The molecule has 1 aliphatic heterocycles. The Labute approximate surface area is 103 Å². The molecule has 0 aromatic heterocycles. The van der Waals surface area contributed by atoms with E-state index in [1.165, 1.54) is 0 Å². The van der Waals surface area contributed by atoms with E-state index in [4.69, 9.17) is 9.31 Å². The summed E-state index contributed by atoms with van der Waals surface area (Å²) in [5.41, 5.74) is 3.09. The van der Waals surface area contributed by atoms with Crippen LogP contribution in [0.15, 0.2) is 18.2 Å². The van der Waals surface area contributed by atoms with Gasteiger partial charge in [-0.25, -0.2) is 0 Å². The van der Waals surface area contributed by atoms with Crippen LogP contribution in [0.4, 0.5) is 0 Å². The molecule has 17 heavy (non-hydrogen) atoms. The van der Waals surface area contributed by atoms with Gasteiger partial charge in [-0.3, -0.25) is 0 Å². The van der Waals surface area contributed by atoms with E-state index in [1.807, 2.05) is 25.1 Å². The smallest absolute Gasteiger partial charge is 0.407 e. The Balaban J connectivity index is 2.19. The fraction of sp³-hybridized carbons (Fsp3) is 0.538. The van der Waals surface area contributed by atoms with Crippen LogP contribution >= 0.6 is 0 Å². The molecule has 0 spiro atoms. The number of hydrogen-bond acceptors (Lipinski definition) is 3. The van der Waals surface area contributed by atoms with E-state index < -0.39 is 0 Å². The highest BCUT2D eigenvalue weighted by molar-refractivity contribution is 6.62. The molecule has 1 heterocycles. The summed E-state index contributed by atoms with van der Waals surface area (Å²) in [6.45, 7) is 7.69. The lowest BCUT2D eigenvalue weighted by atomic mass is 9.73. The van der Waals surface area contributed by atoms with Crippen LogP contribution in [0.3, 0.4) is 0 Å². The second-order valence-electron chi connectivity index (χ2n) is 5.41. The molecule has 0 saturated carbocycles. The number of benzene rings is 1. The first-order valence-corrected chi connectivity index (χ1v) is 5.96. The molecular weight excluding hydrogens is 215 g/mol. The summed E-state index contributed by atoms with van der Waals surface area (Å²) in [4.78, 5) is 0. The van der Waals surface area contributed by atoms with Crippen LogP contribution in [0.5, 0.6) is 0 Å². The summed E-state index contributed by atoms with van der Waals surface area (Å²) in [6, 6.07) is 5.85. The van der Waals surface area contributed by atoms with Gasteiger partial charge in [-0.05, 0) is 23.5 Å². The van der Waals surface area contributed by atoms with Crippen LogP contribution in [0, 0.1) is 12.3 Å². The van der Waals surface area contributed by atoms with Crippen molar-refractivity contribution in [3.63, 3.8) is 0 Å². The Hall–Kier alpha value is -0.835. The lowest BCUT2D eigenvalue weighted by molar-refractivity contribution is 0.0342. The van der Waals surface area contributed by atoms with E-state index in [0.717, 1.165) is 16.6 Å². The molecule has 4 heteroatoms. The molecule has 1 N–H and O–H groups in total. The normalized spacial score (nSPS) is 19.4. The number of rotatable bonds is 2. The van der Waals surface area contributed by atoms with Gasteiger partial charge in [-0.2, -0.15) is 0 Å². The maximum Gasteiger partial charge on any atom is 0.494 e. The van der Waals surface area contributed by atoms with Crippen molar-refractivity contribution in [1.82, 2.24) is 0 Å². The zero-order chi connectivity index (χ0) is 12.5. The second kappa shape index (κ2) is 4.80. The summed E-state index contributed by atoms with van der Waals surface area (Å²) in [5, 5.41) is 9.24. The van der Waals surface area contributed by atoms with Gasteiger partial charge in [0.25, 0.3) is 0 Å². The summed E-state index contributed by atoms with van der Waals surface area (Å²) >= 11 is 0. The van der Waals surface area contributed by atoms with Crippen molar-refractivity contribution < 1.29 is 14.4 Å². The van der Waals surface area contributed by atoms with Crippen molar-refractivity contribution in [2.75, 3.05) is 13.2 Å². The number of aliphatic hydroxyl groups is 1. The van der Waals surface area contributed by atoms with Gasteiger partial charge >= 0.3 is 7.12 Å². The first-order valence-electron chi connectivity index (χ1n) is 5.96. The third-order valence-corrected chi connectivity index (χ3v) is 3.16. The standard InChI is InChI=1S/C13H19BO3/c1-10-11(7-15)5-4-6-12(10)14-16-8-13(2,3)9-17-14/h4-6,15H,7-9H2,1-3H3. The van der Waals surface area contributed by atoms with Gasteiger partial charge in [-0.15, -0.1) is 0 Å². The van der Waals surface area contributed by atoms with Gasteiger partial charge in [-0.1, -0.05) is 32.0 Å². The zero-order valence-electron chi connectivity index (χ0n) is 10.7. The minimum Gasteiger partial charge on any atom is -0.407 e. The van der Waals surface area contributed by atoms with Gasteiger partial charge in [0.15, 0.2) is 0 Å². The Bertz CT molecular complexity index is 394. The monoisotopic (exact) mass is 234 g/mol. The van der Waals surface area contributed by atoms with Gasteiger partial charge in [0.05, 0.1) is 6.61 Å². The first kappa shape index (κ1) is 12.6. The fourth-order valence-corrected chi connectivity index (χ4v) is 2.00. The van der Waals surface area contributed by atoms with Crippen molar-refractivity contribution in [3.05, 3.63) is 29.3 Å². The van der Waals surface area contributed by atoms with Crippen molar-refractivity contribution >= 4 is 12.6 Å². The molecule has 1 aliphatic rings. The average Bonchev–Trinajstić information content (AvgIpc) is 2.30. The van der Waals surface area contributed by atoms with Gasteiger partial charge in [0.2, 0.25) is 0 Å². The SMILES string of the molecule is Cc1c(CO)cccc1B1OCC(C)(C)CO1. The second-order valence-corrected chi connectivity index (χ2v) is 5.41. The van der Waals surface area contributed by atoms with Crippen molar-refractivity contribution in [3.8, 4) is 0 Å². The van der Waals surface area contributed by atoms with E-state index >= 15 is 0 Å². The molecule has 0 unspecified atom stereocenters. The summed E-state index contributed by atoms with van der Waals surface area (Å²) in [5.74, 6) is 0. The molecule has 2 rings (SSSR count). The molecule has 92 valence electrons. The van der Waals surface area contributed by atoms with Gasteiger partial charge in [0.1, 0.15) is 0 Å². The first-order chi connectivity index (χ1) is 8.03. The third-order valence-electron chi connectivity index (χ3n) is 3.16. The molecule has 1 saturated heterocycles. The zero-order valence-corrected chi connectivity index (χ0v) is 10.7. The van der Waals surface area contributed by atoms with E-state index in [1.54, 1.807) is 0 Å².